The maximum Gasteiger partial charge on any atom is 0.220 e. The summed E-state index contributed by atoms with van der Waals surface area (Å²) >= 11 is 0. The molecule has 2 unspecified atom stereocenters. The van der Waals surface area contributed by atoms with Crippen molar-refractivity contribution in [3.63, 3.8) is 0 Å². The van der Waals surface area contributed by atoms with Crippen LogP contribution in [0.4, 0.5) is 0 Å². The summed E-state index contributed by atoms with van der Waals surface area (Å²) in [5.74, 6) is 0.0880. The summed E-state index contributed by atoms with van der Waals surface area (Å²) < 4.78 is 4.83. The molecule has 1 aliphatic rings. The Hall–Kier alpha value is -0.610. The van der Waals surface area contributed by atoms with Gasteiger partial charge in [0.1, 0.15) is 0 Å². The summed E-state index contributed by atoms with van der Waals surface area (Å²) in [6.07, 6.45) is 2.25. The lowest BCUT2D eigenvalue weighted by atomic mass is 10.3. The van der Waals surface area contributed by atoms with Gasteiger partial charge in [0.15, 0.2) is 0 Å². The van der Waals surface area contributed by atoms with Gasteiger partial charge in [-0.1, -0.05) is 0 Å². The Labute approximate surface area is 72.5 Å². The van der Waals surface area contributed by atoms with Crippen LogP contribution < -0.4 is 11.1 Å². The van der Waals surface area contributed by atoms with Gasteiger partial charge in [-0.05, 0) is 12.8 Å². The van der Waals surface area contributed by atoms with E-state index in [-0.39, 0.29) is 18.0 Å². The molecule has 1 fully saturated rings. The smallest absolute Gasteiger partial charge is 0.220 e. The van der Waals surface area contributed by atoms with Crippen LogP contribution in [0, 0.1) is 0 Å². The Morgan fingerprint density at radius 2 is 2.42 bits per heavy atom. The molecule has 12 heavy (non-hydrogen) atoms. The molecule has 0 aromatic rings. The topological polar surface area (TPSA) is 64.3 Å². The second kappa shape index (κ2) is 4.42. The van der Waals surface area contributed by atoms with E-state index in [2.05, 4.69) is 5.32 Å². The van der Waals surface area contributed by atoms with Crippen molar-refractivity contribution in [1.29, 1.82) is 0 Å². The number of amides is 1. The van der Waals surface area contributed by atoms with E-state index in [1.807, 2.05) is 0 Å². The molecule has 3 N–H and O–H groups in total. The first kappa shape index (κ1) is 9.48. The number of carbonyl (C=O) groups is 1. The van der Waals surface area contributed by atoms with E-state index in [9.17, 15) is 4.79 Å². The maximum atomic E-state index is 11.1. The predicted molar refractivity (Wildman–Crippen MR) is 45.6 cm³/mol. The summed E-state index contributed by atoms with van der Waals surface area (Å²) in [6, 6.07) is 0.427. The molecule has 1 rings (SSSR count). The number of nitrogens with two attached hydrogens (primary N) is 1. The van der Waals surface area contributed by atoms with Gasteiger partial charge in [0.25, 0.3) is 0 Å². The van der Waals surface area contributed by atoms with Gasteiger partial charge in [0, 0.05) is 32.2 Å². The van der Waals surface area contributed by atoms with E-state index in [1.165, 1.54) is 0 Å². The summed E-state index contributed by atoms with van der Waals surface area (Å²) in [5, 5.41) is 2.84. The van der Waals surface area contributed by atoms with Crippen LogP contribution in [0.25, 0.3) is 0 Å². The second-order valence-electron chi connectivity index (χ2n) is 3.17. The van der Waals surface area contributed by atoms with E-state index in [0.717, 1.165) is 12.8 Å². The fourth-order valence-corrected chi connectivity index (χ4v) is 1.04. The van der Waals surface area contributed by atoms with Crippen molar-refractivity contribution in [2.45, 2.75) is 31.3 Å². The normalized spacial score (nSPS) is 26.8. The van der Waals surface area contributed by atoms with Crippen molar-refractivity contribution in [2.75, 3.05) is 13.7 Å². The lowest BCUT2D eigenvalue weighted by Crippen LogP contribution is -2.29. The quantitative estimate of drug-likeness (QED) is 0.556. The minimum absolute atomic E-state index is 0.0880. The van der Waals surface area contributed by atoms with Crippen LogP contribution in [0.15, 0.2) is 0 Å². The van der Waals surface area contributed by atoms with Crippen LogP contribution in [-0.4, -0.2) is 31.7 Å². The largest absolute Gasteiger partial charge is 0.385 e. The molecule has 0 radical (unpaired) electrons. The average molecular weight is 172 g/mol. The molecule has 0 aromatic heterocycles. The predicted octanol–water partition coefficient (Wildman–Crippen LogP) is -0.371. The monoisotopic (exact) mass is 172 g/mol. The standard InChI is InChI=1S/C8H16N2O2/c1-12-4-2-3-8(11)10-7-5-6(7)9/h6-7H,2-5,9H2,1H3,(H,10,11). The Morgan fingerprint density at radius 1 is 1.75 bits per heavy atom. The van der Waals surface area contributed by atoms with Gasteiger partial charge in [0.05, 0.1) is 0 Å². The Balaban J connectivity index is 1.97. The summed E-state index contributed by atoms with van der Waals surface area (Å²) in [7, 11) is 1.63. The third-order valence-electron chi connectivity index (χ3n) is 1.94. The summed E-state index contributed by atoms with van der Waals surface area (Å²) in [4.78, 5) is 11.1. The van der Waals surface area contributed by atoms with Crippen LogP contribution in [0.2, 0.25) is 0 Å². The molecule has 0 heterocycles. The first-order valence-corrected chi connectivity index (χ1v) is 4.28. The molecular weight excluding hydrogens is 156 g/mol. The van der Waals surface area contributed by atoms with E-state index in [1.54, 1.807) is 7.11 Å². The number of methoxy groups -OCH3 is 1. The molecule has 0 spiro atoms. The van der Waals surface area contributed by atoms with Crippen molar-refractivity contribution >= 4 is 5.91 Å². The van der Waals surface area contributed by atoms with Crippen LogP contribution in [0.1, 0.15) is 19.3 Å². The number of hydrogen-bond donors (Lipinski definition) is 2. The van der Waals surface area contributed by atoms with Gasteiger partial charge < -0.3 is 15.8 Å². The van der Waals surface area contributed by atoms with Crippen LogP contribution in [0.3, 0.4) is 0 Å². The number of ether oxygens (including phenoxy) is 1. The Bertz CT molecular complexity index is 161. The van der Waals surface area contributed by atoms with Crippen LogP contribution in [0.5, 0.6) is 0 Å². The summed E-state index contributed by atoms with van der Waals surface area (Å²) in [6.45, 7) is 0.643. The highest BCUT2D eigenvalue weighted by atomic mass is 16.5. The molecule has 2 atom stereocenters. The van der Waals surface area contributed by atoms with Crippen molar-refractivity contribution in [3.8, 4) is 0 Å². The van der Waals surface area contributed by atoms with Crippen molar-refractivity contribution in [3.05, 3.63) is 0 Å². The molecule has 0 saturated heterocycles. The average Bonchev–Trinajstić information content (AvgIpc) is 2.67. The van der Waals surface area contributed by atoms with Crippen LogP contribution >= 0.6 is 0 Å². The zero-order chi connectivity index (χ0) is 8.97. The molecule has 0 bridgehead atoms. The number of rotatable bonds is 5. The highest BCUT2D eigenvalue weighted by Gasteiger charge is 2.34. The van der Waals surface area contributed by atoms with Gasteiger partial charge in [-0.25, -0.2) is 0 Å². The highest BCUT2D eigenvalue weighted by Crippen LogP contribution is 2.17. The molecule has 4 heteroatoms. The van der Waals surface area contributed by atoms with Gasteiger partial charge in [0.2, 0.25) is 5.91 Å². The van der Waals surface area contributed by atoms with Crippen molar-refractivity contribution in [2.24, 2.45) is 5.73 Å². The van der Waals surface area contributed by atoms with Crippen molar-refractivity contribution in [1.82, 2.24) is 5.32 Å². The van der Waals surface area contributed by atoms with E-state index >= 15 is 0 Å². The molecule has 4 nitrogen and oxygen atoms in total. The highest BCUT2D eigenvalue weighted by molar-refractivity contribution is 5.76. The first-order valence-electron chi connectivity index (χ1n) is 4.28. The molecule has 0 aliphatic heterocycles. The van der Waals surface area contributed by atoms with Gasteiger partial charge in [-0.15, -0.1) is 0 Å². The Kier molecular flexibility index (Phi) is 3.49. The molecule has 70 valence electrons. The number of hydrogen-bond acceptors (Lipinski definition) is 3. The molecular formula is C8H16N2O2. The zero-order valence-corrected chi connectivity index (χ0v) is 7.38. The first-order chi connectivity index (χ1) is 5.74. The van der Waals surface area contributed by atoms with Gasteiger partial charge in [-0.2, -0.15) is 0 Å². The molecule has 1 amide bonds. The summed E-state index contributed by atoms with van der Waals surface area (Å²) in [5.41, 5.74) is 5.53. The zero-order valence-electron chi connectivity index (χ0n) is 7.38. The number of nitrogens with one attached hydrogen (secondary N) is 1. The third kappa shape index (κ3) is 3.19. The second-order valence-corrected chi connectivity index (χ2v) is 3.17. The lowest BCUT2D eigenvalue weighted by Gasteiger charge is -2.02. The minimum Gasteiger partial charge on any atom is -0.385 e. The van der Waals surface area contributed by atoms with Crippen molar-refractivity contribution < 1.29 is 9.53 Å². The van der Waals surface area contributed by atoms with E-state index in [4.69, 9.17) is 10.5 Å². The minimum atomic E-state index is 0.0880. The molecule has 1 saturated carbocycles. The lowest BCUT2D eigenvalue weighted by molar-refractivity contribution is -0.121. The fourth-order valence-electron chi connectivity index (χ4n) is 1.04. The third-order valence-corrected chi connectivity index (χ3v) is 1.94. The van der Waals surface area contributed by atoms with Gasteiger partial charge in [-0.3, -0.25) is 4.79 Å². The molecule has 0 aromatic carbocycles. The Morgan fingerprint density at radius 3 is 2.92 bits per heavy atom. The fraction of sp³-hybridized carbons (Fsp3) is 0.875. The number of carbonyl (C=O) groups excluding carboxylic acids is 1. The van der Waals surface area contributed by atoms with E-state index in [0.29, 0.717) is 13.0 Å². The SMILES string of the molecule is COCCCC(=O)NC1CC1N. The molecule has 1 aliphatic carbocycles. The maximum absolute atomic E-state index is 11.1. The van der Waals surface area contributed by atoms with Crippen LogP contribution in [-0.2, 0) is 9.53 Å². The van der Waals surface area contributed by atoms with E-state index < -0.39 is 0 Å². The van der Waals surface area contributed by atoms with Gasteiger partial charge >= 0.3 is 0 Å².